The molecule has 1 aromatic rings. The number of para-hydroxylation sites is 1. The van der Waals surface area contributed by atoms with Gasteiger partial charge in [-0.2, -0.15) is 0 Å². The van der Waals surface area contributed by atoms with Crippen molar-refractivity contribution in [2.45, 2.75) is 52.8 Å². The van der Waals surface area contributed by atoms with E-state index < -0.39 is 0 Å². The van der Waals surface area contributed by atoms with E-state index in [1.807, 2.05) is 34.6 Å². The average Bonchev–Trinajstić information content (AvgIpc) is 2.65. The number of hydrogen-bond donors (Lipinski definition) is 3. The minimum absolute atomic E-state index is 0.0189. The molecule has 2 rings (SSSR count). The third-order valence-electron chi connectivity index (χ3n) is 4.94. The molecule has 3 N–H and O–H groups in total. The lowest BCUT2D eigenvalue weighted by molar-refractivity contribution is 0.0579. The van der Waals surface area contributed by atoms with Crippen LogP contribution in [0.3, 0.4) is 0 Å². The Hall–Kier alpha value is -2.97. The number of likely N-dealkylation sites (N-methyl/N-ethyl adjacent to an activating group) is 1. The van der Waals surface area contributed by atoms with Crippen LogP contribution in [0.4, 0.5) is 15.3 Å². The SMILES string of the molecule is CC(C)NC(=O)Nc1cccc2c1O[C@@H](CN(C)C(=O)NC(C)C)[C@H](C)CN(C)C2=O. The Bertz CT molecular complexity index is 811. The lowest BCUT2D eigenvalue weighted by Gasteiger charge is -2.35. The van der Waals surface area contributed by atoms with Gasteiger partial charge in [0.2, 0.25) is 0 Å². The van der Waals surface area contributed by atoms with Crippen LogP contribution in [0.5, 0.6) is 5.75 Å². The predicted molar refractivity (Wildman–Crippen MR) is 121 cm³/mol. The molecule has 0 fully saturated rings. The predicted octanol–water partition coefficient (Wildman–Crippen LogP) is 2.74. The summed E-state index contributed by atoms with van der Waals surface area (Å²) < 4.78 is 6.32. The zero-order valence-corrected chi connectivity index (χ0v) is 19.5. The molecule has 0 aliphatic carbocycles. The maximum atomic E-state index is 13.0. The number of benzene rings is 1. The van der Waals surface area contributed by atoms with E-state index in [2.05, 4.69) is 16.0 Å². The fourth-order valence-electron chi connectivity index (χ4n) is 3.38. The number of rotatable bonds is 5. The van der Waals surface area contributed by atoms with Gasteiger partial charge in [-0.3, -0.25) is 4.79 Å². The highest BCUT2D eigenvalue weighted by atomic mass is 16.5. The molecule has 0 bridgehead atoms. The maximum absolute atomic E-state index is 13.0. The summed E-state index contributed by atoms with van der Waals surface area (Å²) in [5.41, 5.74) is 0.779. The van der Waals surface area contributed by atoms with Gasteiger partial charge in [-0.25, -0.2) is 9.59 Å². The molecule has 0 unspecified atom stereocenters. The first kappa shape index (κ1) is 24.3. The molecule has 1 aliphatic rings. The largest absolute Gasteiger partial charge is 0.485 e. The van der Waals surface area contributed by atoms with Gasteiger partial charge in [0.1, 0.15) is 6.10 Å². The quantitative estimate of drug-likeness (QED) is 0.664. The lowest BCUT2D eigenvalue weighted by atomic mass is 10.0. The highest BCUT2D eigenvalue weighted by Crippen LogP contribution is 2.34. The number of carbonyl (C=O) groups excluding carboxylic acids is 3. The second-order valence-electron chi connectivity index (χ2n) is 8.74. The Morgan fingerprint density at radius 3 is 2.45 bits per heavy atom. The second-order valence-corrected chi connectivity index (χ2v) is 8.74. The van der Waals surface area contributed by atoms with Gasteiger partial charge in [0.05, 0.1) is 17.8 Å². The molecule has 31 heavy (non-hydrogen) atoms. The molecule has 0 saturated heterocycles. The van der Waals surface area contributed by atoms with Crippen LogP contribution in [0.15, 0.2) is 18.2 Å². The molecule has 9 nitrogen and oxygen atoms in total. The van der Waals surface area contributed by atoms with Gasteiger partial charge in [0.25, 0.3) is 5.91 Å². The van der Waals surface area contributed by atoms with Crippen molar-refractivity contribution in [3.63, 3.8) is 0 Å². The van der Waals surface area contributed by atoms with Crippen LogP contribution in [0.1, 0.15) is 45.0 Å². The van der Waals surface area contributed by atoms with E-state index in [9.17, 15) is 14.4 Å². The van der Waals surface area contributed by atoms with Crippen LogP contribution >= 0.6 is 0 Å². The van der Waals surface area contributed by atoms with Gasteiger partial charge in [-0.15, -0.1) is 0 Å². The van der Waals surface area contributed by atoms with E-state index >= 15 is 0 Å². The average molecular weight is 434 g/mol. The van der Waals surface area contributed by atoms with E-state index in [-0.39, 0.29) is 42.1 Å². The van der Waals surface area contributed by atoms with Crippen molar-refractivity contribution in [1.82, 2.24) is 20.4 Å². The summed E-state index contributed by atoms with van der Waals surface area (Å²) in [6.07, 6.45) is -0.381. The van der Waals surface area contributed by atoms with Crippen molar-refractivity contribution in [3.05, 3.63) is 23.8 Å². The second kappa shape index (κ2) is 10.4. The third kappa shape index (κ3) is 6.50. The lowest BCUT2D eigenvalue weighted by Crippen LogP contribution is -2.49. The van der Waals surface area contributed by atoms with Crippen molar-refractivity contribution >= 4 is 23.7 Å². The Morgan fingerprint density at radius 2 is 1.84 bits per heavy atom. The van der Waals surface area contributed by atoms with Crippen molar-refractivity contribution in [2.24, 2.45) is 5.92 Å². The minimum atomic E-state index is -0.382. The van der Waals surface area contributed by atoms with Crippen molar-refractivity contribution in [2.75, 3.05) is 32.5 Å². The molecular formula is C22H35N5O4. The molecular weight excluding hydrogens is 398 g/mol. The summed E-state index contributed by atoms with van der Waals surface area (Å²) in [6.45, 7) is 10.3. The summed E-state index contributed by atoms with van der Waals surface area (Å²) in [6, 6.07) is 4.49. The van der Waals surface area contributed by atoms with Crippen LogP contribution < -0.4 is 20.7 Å². The molecule has 1 aromatic carbocycles. The van der Waals surface area contributed by atoms with E-state index in [0.29, 0.717) is 30.1 Å². The highest BCUT2D eigenvalue weighted by molar-refractivity contribution is 6.01. The zero-order valence-electron chi connectivity index (χ0n) is 19.5. The number of nitrogens with one attached hydrogen (secondary N) is 3. The summed E-state index contributed by atoms with van der Waals surface area (Å²) in [5, 5.41) is 8.42. The van der Waals surface area contributed by atoms with E-state index in [4.69, 9.17) is 4.74 Å². The van der Waals surface area contributed by atoms with Crippen molar-refractivity contribution < 1.29 is 19.1 Å². The fraction of sp³-hybridized carbons (Fsp3) is 0.591. The first-order chi connectivity index (χ1) is 14.5. The number of amides is 5. The molecule has 1 aliphatic heterocycles. The van der Waals surface area contributed by atoms with Gasteiger partial charge < -0.3 is 30.5 Å². The Labute approximate surface area is 184 Å². The van der Waals surface area contributed by atoms with Gasteiger partial charge in [-0.05, 0) is 39.8 Å². The summed E-state index contributed by atoms with van der Waals surface area (Å²) in [5.74, 6) is 0.0838. The molecule has 2 atom stereocenters. The molecule has 9 heteroatoms. The van der Waals surface area contributed by atoms with Crippen LogP contribution in [-0.2, 0) is 0 Å². The summed E-state index contributed by atoms with van der Waals surface area (Å²) in [4.78, 5) is 40.9. The van der Waals surface area contributed by atoms with Crippen molar-refractivity contribution in [1.29, 1.82) is 0 Å². The third-order valence-corrected chi connectivity index (χ3v) is 4.94. The number of carbonyl (C=O) groups is 3. The van der Waals surface area contributed by atoms with Crippen LogP contribution in [-0.4, -0.2) is 73.1 Å². The number of urea groups is 2. The first-order valence-corrected chi connectivity index (χ1v) is 10.6. The molecule has 0 aromatic heterocycles. The van der Waals surface area contributed by atoms with Gasteiger partial charge >= 0.3 is 12.1 Å². The fourth-order valence-corrected chi connectivity index (χ4v) is 3.38. The van der Waals surface area contributed by atoms with E-state index in [1.54, 1.807) is 42.1 Å². The number of fused-ring (bicyclic) bond motifs is 1. The number of ether oxygens (including phenoxy) is 1. The van der Waals surface area contributed by atoms with Crippen LogP contribution in [0.2, 0.25) is 0 Å². The number of nitrogens with zero attached hydrogens (tertiary/aromatic N) is 2. The van der Waals surface area contributed by atoms with Crippen LogP contribution in [0.25, 0.3) is 0 Å². The van der Waals surface area contributed by atoms with Gasteiger partial charge in [0, 0.05) is 38.6 Å². The monoisotopic (exact) mass is 433 g/mol. The molecule has 5 amide bonds. The molecule has 172 valence electrons. The molecule has 0 radical (unpaired) electrons. The van der Waals surface area contributed by atoms with Gasteiger partial charge in [-0.1, -0.05) is 13.0 Å². The molecule has 1 heterocycles. The number of hydrogen-bond acceptors (Lipinski definition) is 4. The van der Waals surface area contributed by atoms with Gasteiger partial charge in [0.15, 0.2) is 5.75 Å². The standard InChI is InChI=1S/C22H35N5O4/c1-13(2)23-21(29)25-17-10-8-9-16-19(17)31-18(15(5)11-26(6)20(16)28)12-27(7)22(30)24-14(3)4/h8-10,13-15,18H,11-12H2,1-7H3,(H,24,30)(H2,23,25,29)/t15-,18+/m1/s1. The Morgan fingerprint density at radius 1 is 1.19 bits per heavy atom. The number of anilines is 1. The maximum Gasteiger partial charge on any atom is 0.319 e. The van der Waals surface area contributed by atoms with E-state index in [0.717, 1.165) is 0 Å². The first-order valence-electron chi connectivity index (χ1n) is 10.6. The molecule has 0 spiro atoms. The minimum Gasteiger partial charge on any atom is -0.485 e. The topological polar surface area (TPSA) is 103 Å². The summed E-state index contributed by atoms with van der Waals surface area (Å²) in [7, 11) is 3.45. The van der Waals surface area contributed by atoms with Crippen LogP contribution in [0, 0.1) is 5.92 Å². The summed E-state index contributed by atoms with van der Waals surface area (Å²) >= 11 is 0. The normalized spacial score (nSPS) is 18.6. The van der Waals surface area contributed by atoms with Crippen molar-refractivity contribution in [3.8, 4) is 5.75 Å². The Balaban J connectivity index is 2.36. The smallest absolute Gasteiger partial charge is 0.319 e. The zero-order chi connectivity index (χ0) is 23.3. The Kier molecular flexibility index (Phi) is 8.13. The highest BCUT2D eigenvalue weighted by Gasteiger charge is 2.32. The molecule has 0 saturated carbocycles. The van der Waals surface area contributed by atoms with E-state index in [1.165, 1.54) is 0 Å².